The molecule has 2 amide bonds. The molecule has 1 N–H and O–H groups in total. The van der Waals surface area contributed by atoms with Gasteiger partial charge in [0, 0.05) is 44.4 Å². The van der Waals surface area contributed by atoms with E-state index in [0.29, 0.717) is 31.8 Å². The van der Waals surface area contributed by atoms with Crippen LogP contribution in [0.2, 0.25) is 0 Å². The lowest BCUT2D eigenvalue weighted by Gasteiger charge is -2.29. The number of hydrogen-bond donors (Lipinski definition) is 1. The maximum absolute atomic E-state index is 12.6. The third kappa shape index (κ3) is 5.24. The van der Waals surface area contributed by atoms with E-state index in [1.54, 1.807) is 6.08 Å². The predicted molar refractivity (Wildman–Crippen MR) is 127 cm³/mol. The van der Waals surface area contributed by atoms with Crippen LogP contribution in [0.4, 0.5) is 0 Å². The van der Waals surface area contributed by atoms with Crippen LogP contribution in [0.25, 0.3) is 0 Å². The van der Waals surface area contributed by atoms with Crippen molar-refractivity contribution in [2.75, 3.05) is 32.8 Å². The van der Waals surface area contributed by atoms with Crippen molar-refractivity contribution in [2.24, 2.45) is 0 Å². The molecule has 0 aromatic heterocycles. The van der Waals surface area contributed by atoms with Crippen molar-refractivity contribution < 1.29 is 23.9 Å². The third-order valence-electron chi connectivity index (χ3n) is 6.43. The molecule has 1 aliphatic carbocycles. The van der Waals surface area contributed by atoms with Crippen LogP contribution in [0.5, 0.6) is 0 Å². The predicted octanol–water partition coefficient (Wildman–Crippen LogP) is 1.85. The van der Waals surface area contributed by atoms with Crippen molar-refractivity contribution in [3.05, 3.63) is 70.6 Å². The van der Waals surface area contributed by atoms with Crippen LogP contribution >= 0.6 is 12.4 Å². The number of imide groups is 1. The topological polar surface area (TPSA) is 88.2 Å². The van der Waals surface area contributed by atoms with Gasteiger partial charge in [-0.1, -0.05) is 24.3 Å². The summed E-state index contributed by atoms with van der Waals surface area (Å²) in [4.78, 5) is 40.6. The molecule has 3 heterocycles. The Bertz CT molecular complexity index is 1060. The summed E-state index contributed by atoms with van der Waals surface area (Å²) >= 11 is 0. The quantitative estimate of drug-likeness (QED) is 0.615. The van der Waals surface area contributed by atoms with Crippen molar-refractivity contribution in [1.82, 2.24) is 15.1 Å². The van der Waals surface area contributed by atoms with Gasteiger partial charge in [-0.2, -0.15) is 0 Å². The number of ether oxygens (including phenoxy) is 2. The molecule has 2 fully saturated rings. The third-order valence-corrected chi connectivity index (χ3v) is 6.43. The highest BCUT2D eigenvalue weighted by Gasteiger charge is 2.36. The molecule has 2 saturated heterocycles. The first-order valence-electron chi connectivity index (χ1n) is 11.3. The fourth-order valence-electron chi connectivity index (χ4n) is 4.58. The lowest BCUT2D eigenvalue weighted by atomic mass is 10.00. The molecule has 0 radical (unpaired) electrons. The fourth-order valence-corrected chi connectivity index (χ4v) is 4.58. The Morgan fingerprint density at radius 2 is 1.76 bits per heavy atom. The summed E-state index contributed by atoms with van der Waals surface area (Å²) in [7, 11) is 0. The maximum Gasteiger partial charge on any atom is 0.249 e. The zero-order chi connectivity index (χ0) is 22.8. The summed E-state index contributed by atoms with van der Waals surface area (Å²) in [6, 6.07) is 7.84. The molecule has 0 unspecified atom stereocenters. The molecular weight excluding hydrogens is 458 g/mol. The van der Waals surface area contributed by atoms with Gasteiger partial charge < -0.3 is 14.4 Å². The first kappa shape index (κ1) is 24.2. The second-order valence-electron chi connectivity index (χ2n) is 8.72. The minimum atomic E-state index is -0.419. The normalized spacial score (nSPS) is 22.8. The van der Waals surface area contributed by atoms with Crippen LogP contribution in [0.1, 0.15) is 24.0 Å². The standard InChI is InChI=1S/C25H27N3O5.ClH/c29-22-7-5-19-14-28(21-6-8-23(30)26-25(21)31)15-20(19)24(22)33-16-18-3-1-17(2-4-18)13-27-9-11-32-12-10-27;/h1-5,7,14,21H,6,8-13,15-16H2,(H,26,30,31);1H/t21-;/m0./s1. The monoisotopic (exact) mass is 485 g/mol. The van der Waals surface area contributed by atoms with Crippen molar-refractivity contribution in [2.45, 2.75) is 32.0 Å². The summed E-state index contributed by atoms with van der Waals surface area (Å²) in [5, 5.41) is 2.39. The van der Waals surface area contributed by atoms with E-state index in [0.717, 1.165) is 49.6 Å². The zero-order valence-corrected chi connectivity index (χ0v) is 19.6. The molecule has 0 saturated carbocycles. The molecule has 1 aromatic rings. The van der Waals surface area contributed by atoms with Gasteiger partial charge in [0.25, 0.3) is 0 Å². The SMILES string of the molecule is Cl.O=C1CC[C@H](N2C=C3C=CC(=O)C(OCc4ccc(CN5CCOCC5)cc4)=C3C2)C(=O)N1. The first-order valence-corrected chi connectivity index (χ1v) is 11.3. The number of allylic oxidation sites excluding steroid dienone is 2. The van der Waals surface area contributed by atoms with E-state index in [1.165, 1.54) is 11.6 Å². The van der Waals surface area contributed by atoms with E-state index in [1.807, 2.05) is 23.2 Å². The molecule has 34 heavy (non-hydrogen) atoms. The summed E-state index contributed by atoms with van der Waals surface area (Å²) in [6.07, 6.45) is 5.92. The first-order chi connectivity index (χ1) is 16.1. The van der Waals surface area contributed by atoms with Crippen LogP contribution in [0.15, 0.2) is 59.5 Å². The highest BCUT2D eigenvalue weighted by Crippen LogP contribution is 2.32. The highest BCUT2D eigenvalue weighted by molar-refractivity contribution is 6.06. The number of hydrogen-bond acceptors (Lipinski definition) is 7. The maximum atomic E-state index is 12.6. The number of fused-ring (bicyclic) bond motifs is 1. The van der Waals surface area contributed by atoms with Gasteiger partial charge >= 0.3 is 0 Å². The average molecular weight is 486 g/mol. The average Bonchev–Trinajstić information content (AvgIpc) is 3.24. The van der Waals surface area contributed by atoms with Crippen LogP contribution in [0.3, 0.4) is 0 Å². The summed E-state index contributed by atoms with van der Waals surface area (Å²) < 4.78 is 11.4. The highest BCUT2D eigenvalue weighted by atomic mass is 35.5. The number of ketones is 1. The summed E-state index contributed by atoms with van der Waals surface area (Å²) in [5.74, 6) is -0.376. The van der Waals surface area contributed by atoms with Crippen molar-refractivity contribution in [3.8, 4) is 0 Å². The Morgan fingerprint density at radius 3 is 2.50 bits per heavy atom. The summed E-state index contributed by atoms with van der Waals surface area (Å²) in [5.41, 5.74) is 3.88. The molecule has 4 aliphatic rings. The number of nitrogens with zero attached hydrogens (tertiary/aromatic N) is 2. The van der Waals surface area contributed by atoms with Crippen LogP contribution in [-0.2, 0) is 37.0 Å². The van der Waals surface area contributed by atoms with E-state index in [9.17, 15) is 14.4 Å². The summed E-state index contributed by atoms with van der Waals surface area (Å²) in [6.45, 7) is 5.06. The fraction of sp³-hybridized carbons (Fsp3) is 0.400. The number of nitrogens with one attached hydrogen (secondary N) is 1. The largest absolute Gasteiger partial charge is 0.484 e. The number of morpholine rings is 1. The molecule has 1 atom stereocenters. The number of amides is 2. The number of halogens is 1. The molecule has 180 valence electrons. The van der Waals surface area contributed by atoms with Gasteiger partial charge in [0.15, 0.2) is 5.76 Å². The Labute approximate surface area is 204 Å². The number of carbonyl (C=O) groups is 3. The van der Waals surface area contributed by atoms with Gasteiger partial charge in [0.2, 0.25) is 17.6 Å². The lowest BCUT2D eigenvalue weighted by molar-refractivity contribution is -0.136. The molecule has 5 rings (SSSR count). The van der Waals surface area contributed by atoms with Crippen molar-refractivity contribution >= 4 is 30.0 Å². The van der Waals surface area contributed by atoms with Crippen LogP contribution in [-0.4, -0.2) is 66.3 Å². The number of piperidine rings is 1. The second kappa shape index (κ2) is 10.5. The van der Waals surface area contributed by atoms with Gasteiger partial charge in [-0.05, 0) is 35.3 Å². The Balaban J connectivity index is 0.00000274. The number of carbonyl (C=O) groups excluding carboxylic acids is 3. The minimum Gasteiger partial charge on any atom is -0.484 e. The molecule has 0 spiro atoms. The minimum absolute atomic E-state index is 0. The van der Waals surface area contributed by atoms with Crippen molar-refractivity contribution in [3.63, 3.8) is 0 Å². The zero-order valence-electron chi connectivity index (χ0n) is 18.8. The number of rotatable bonds is 6. The van der Waals surface area contributed by atoms with Crippen LogP contribution in [0, 0.1) is 0 Å². The van der Waals surface area contributed by atoms with E-state index in [2.05, 4.69) is 22.3 Å². The van der Waals surface area contributed by atoms with Crippen molar-refractivity contribution in [1.29, 1.82) is 0 Å². The second-order valence-corrected chi connectivity index (χ2v) is 8.72. The molecule has 3 aliphatic heterocycles. The number of benzene rings is 1. The Kier molecular flexibility index (Phi) is 7.50. The van der Waals surface area contributed by atoms with E-state index in [4.69, 9.17) is 9.47 Å². The van der Waals surface area contributed by atoms with E-state index in [-0.39, 0.29) is 30.0 Å². The van der Waals surface area contributed by atoms with Gasteiger partial charge in [-0.3, -0.25) is 24.6 Å². The van der Waals surface area contributed by atoms with E-state index >= 15 is 0 Å². The molecule has 1 aromatic carbocycles. The van der Waals surface area contributed by atoms with E-state index < -0.39 is 6.04 Å². The molecule has 0 bridgehead atoms. The molecular formula is C25H28ClN3O5. The Morgan fingerprint density at radius 1 is 1.03 bits per heavy atom. The van der Waals surface area contributed by atoms with Gasteiger partial charge in [-0.25, -0.2) is 0 Å². The molecule has 8 nitrogen and oxygen atoms in total. The van der Waals surface area contributed by atoms with Gasteiger partial charge in [-0.15, -0.1) is 12.4 Å². The lowest BCUT2D eigenvalue weighted by Crippen LogP contribution is -2.50. The smallest absolute Gasteiger partial charge is 0.249 e. The van der Waals surface area contributed by atoms with Gasteiger partial charge in [0.1, 0.15) is 12.6 Å². The van der Waals surface area contributed by atoms with Gasteiger partial charge in [0.05, 0.1) is 13.2 Å². The van der Waals surface area contributed by atoms with Crippen LogP contribution < -0.4 is 5.32 Å². The molecule has 9 heteroatoms. The Hall–Kier alpha value is -2.94.